The maximum atomic E-state index is 12.5. The van der Waals surface area contributed by atoms with E-state index in [1.54, 1.807) is 12.1 Å². The Morgan fingerprint density at radius 2 is 1.59 bits per heavy atom. The molecule has 1 fully saturated rings. The van der Waals surface area contributed by atoms with Gasteiger partial charge in [0.2, 0.25) is 11.8 Å². The number of ether oxygens (including phenoxy) is 1. The van der Waals surface area contributed by atoms with Crippen molar-refractivity contribution in [2.45, 2.75) is 44.9 Å². The number of carbonyl (C=O) groups is 3. The number of rotatable bonds is 7. The lowest BCUT2D eigenvalue weighted by atomic mass is 9.89. The summed E-state index contributed by atoms with van der Waals surface area (Å²) in [6, 6.07) is 13.3. The second-order valence-corrected chi connectivity index (χ2v) is 8.53. The summed E-state index contributed by atoms with van der Waals surface area (Å²) in [5.41, 5.74) is 4.90. The zero-order valence-electron chi connectivity index (χ0n) is 18.4. The number of fused-ring (bicyclic) bond motifs is 1. The van der Waals surface area contributed by atoms with E-state index in [2.05, 4.69) is 11.4 Å². The predicted octanol–water partition coefficient (Wildman–Crippen LogP) is 3.57. The SMILES string of the molecule is O=C(CCC(=O)c1ccc2c(c1)CCCC2)Nc1ccc(CC(=O)N2CCOCC2)cc1. The third-order valence-corrected chi connectivity index (χ3v) is 6.21. The van der Waals surface area contributed by atoms with Gasteiger partial charge in [0, 0.05) is 37.2 Å². The maximum Gasteiger partial charge on any atom is 0.227 e. The summed E-state index contributed by atoms with van der Waals surface area (Å²) in [7, 11) is 0. The Hall–Kier alpha value is -2.99. The van der Waals surface area contributed by atoms with Gasteiger partial charge in [-0.15, -0.1) is 0 Å². The molecular formula is C26H30N2O4. The summed E-state index contributed by atoms with van der Waals surface area (Å²) in [5.74, 6) is -0.0928. The fraction of sp³-hybridized carbons (Fsp3) is 0.423. The Kier molecular flexibility index (Phi) is 7.32. The monoisotopic (exact) mass is 434 g/mol. The topological polar surface area (TPSA) is 75.7 Å². The largest absolute Gasteiger partial charge is 0.378 e. The van der Waals surface area contributed by atoms with Crippen molar-refractivity contribution in [3.63, 3.8) is 0 Å². The lowest BCUT2D eigenvalue weighted by Gasteiger charge is -2.26. The number of anilines is 1. The van der Waals surface area contributed by atoms with Gasteiger partial charge in [-0.2, -0.15) is 0 Å². The second-order valence-electron chi connectivity index (χ2n) is 8.53. The minimum atomic E-state index is -0.187. The van der Waals surface area contributed by atoms with Crippen molar-refractivity contribution in [1.82, 2.24) is 4.90 Å². The van der Waals surface area contributed by atoms with Crippen LogP contribution in [0.2, 0.25) is 0 Å². The van der Waals surface area contributed by atoms with Crippen LogP contribution in [0.1, 0.15) is 52.7 Å². The van der Waals surface area contributed by atoms with Gasteiger partial charge >= 0.3 is 0 Å². The Labute approximate surface area is 188 Å². The molecule has 0 bridgehead atoms. The highest BCUT2D eigenvalue weighted by atomic mass is 16.5. The summed E-state index contributed by atoms with van der Waals surface area (Å²) in [5, 5.41) is 2.84. The third-order valence-electron chi connectivity index (χ3n) is 6.21. The molecule has 1 aliphatic heterocycles. The minimum absolute atomic E-state index is 0.00509. The summed E-state index contributed by atoms with van der Waals surface area (Å²) < 4.78 is 5.28. The molecule has 6 nitrogen and oxygen atoms in total. The molecule has 0 unspecified atom stereocenters. The Bertz CT molecular complexity index is 978. The fourth-order valence-electron chi connectivity index (χ4n) is 4.31. The van der Waals surface area contributed by atoms with Crippen LogP contribution in [0.15, 0.2) is 42.5 Å². The number of nitrogens with zero attached hydrogens (tertiary/aromatic N) is 1. The number of benzene rings is 2. The number of nitrogens with one attached hydrogen (secondary N) is 1. The standard InChI is InChI=1S/C26H30N2O4/c29-24(22-8-7-20-3-1-2-4-21(20)18-22)11-12-25(30)27-23-9-5-19(6-10-23)17-26(31)28-13-15-32-16-14-28/h5-10,18H,1-4,11-17H2,(H,27,30). The smallest absolute Gasteiger partial charge is 0.227 e. The highest BCUT2D eigenvalue weighted by molar-refractivity contribution is 6.00. The van der Waals surface area contributed by atoms with Crippen LogP contribution in [-0.4, -0.2) is 48.8 Å². The lowest BCUT2D eigenvalue weighted by molar-refractivity contribution is -0.134. The van der Waals surface area contributed by atoms with Crippen LogP contribution in [0.4, 0.5) is 5.69 Å². The first-order valence-corrected chi connectivity index (χ1v) is 11.5. The van der Waals surface area contributed by atoms with Gasteiger partial charge < -0.3 is 15.0 Å². The normalized spacial score (nSPS) is 15.7. The van der Waals surface area contributed by atoms with Crippen LogP contribution in [0.3, 0.4) is 0 Å². The Morgan fingerprint density at radius 3 is 2.34 bits per heavy atom. The van der Waals surface area contributed by atoms with E-state index < -0.39 is 0 Å². The molecule has 2 aromatic rings. The van der Waals surface area contributed by atoms with Crippen molar-refractivity contribution in [2.24, 2.45) is 0 Å². The molecule has 2 aromatic carbocycles. The molecule has 6 heteroatoms. The van der Waals surface area contributed by atoms with Crippen LogP contribution in [0, 0.1) is 0 Å². The van der Waals surface area contributed by atoms with Gasteiger partial charge in [0.1, 0.15) is 0 Å². The van der Waals surface area contributed by atoms with Gasteiger partial charge in [-0.1, -0.05) is 24.3 Å². The zero-order chi connectivity index (χ0) is 22.3. The number of amides is 2. The molecule has 1 N–H and O–H groups in total. The number of Topliss-reactive ketones (excluding diaryl/α,β-unsaturated/α-hetero) is 1. The van der Waals surface area contributed by atoms with E-state index in [1.165, 1.54) is 24.0 Å². The number of carbonyl (C=O) groups excluding carboxylic acids is 3. The lowest BCUT2D eigenvalue weighted by Crippen LogP contribution is -2.41. The minimum Gasteiger partial charge on any atom is -0.378 e. The Balaban J connectivity index is 1.24. The number of ketones is 1. The van der Waals surface area contributed by atoms with E-state index >= 15 is 0 Å². The first-order chi connectivity index (χ1) is 15.6. The van der Waals surface area contributed by atoms with Crippen LogP contribution in [0.25, 0.3) is 0 Å². The van der Waals surface area contributed by atoms with Crippen LogP contribution in [0.5, 0.6) is 0 Å². The van der Waals surface area contributed by atoms with Gasteiger partial charge in [-0.25, -0.2) is 0 Å². The van der Waals surface area contributed by atoms with E-state index in [-0.39, 0.29) is 30.4 Å². The van der Waals surface area contributed by atoms with Crippen molar-refractivity contribution >= 4 is 23.3 Å². The van der Waals surface area contributed by atoms with E-state index in [1.807, 2.05) is 29.2 Å². The number of morpholine rings is 1. The highest BCUT2D eigenvalue weighted by Gasteiger charge is 2.17. The molecule has 2 amide bonds. The molecular weight excluding hydrogens is 404 g/mol. The van der Waals surface area contributed by atoms with Gasteiger partial charge in [0.15, 0.2) is 5.78 Å². The quantitative estimate of drug-likeness (QED) is 0.676. The molecule has 1 heterocycles. The summed E-state index contributed by atoms with van der Waals surface area (Å²) >= 11 is 0. The third kappa shape index (κ3) is 5.82. The number of aryl methyl sites for hydroxylation is 2. The molecule has 1 aliphatic carbocycles. The first-order valence-electron chi connectivity index (χ1n) is 11.5. The molecule has 32 heavy (non-hydrogen) atoms. The summed E-state index contributed by atoms with van der Waals surface area (Å²) in [6.07, 6.45) is 5.18. The van der Waals surface area contributed by atoms with Crippen molar-refractivity contribution in [3.8, 4) is 0 Å². The summed E-state index contributed by atoms with van der Waals surface area (Å²) in [6.45, 7) is 2.45. The van der Waals surface area contributed by atoms with Crippen LogP contribution >= 0.6 is 0 Å². The molecule has 168 valence electrons. The van der Waals surface area contributed by atoms with Gasteiger partial charge in [0.25, 0.3) is 0 Å². The fourth-order valence-corrected chi connectivity index (χ4v) is 4.31. The van der Waals surface area contributed by atoms with Gasteiger partial charge in [-0.3, -0.25) is 14.4 Å². The molecule has 0 atom stereocenters. The van der Waals surface area contributed by atoms with Crippen molar-refractivity contribution in [2.75, 3.05) is 31.6 Å². The van der Waals surface area contributed by atoms with E-state index in [9.17, 15) is 14.4 Å². The summed E-state index contributed by atoms with van der Waals surface area (Å²) in [4.78, 5) is 39.0. The zero-order valence-corrected chi connectivity index (χ0v) is 18.4. The first kappa shape index (κ1) is 22.2. The Morgan fingerprint density at radius 1 is 0.875 bits per heavy atom. The molecule has 0 radical (unpaired) electrons. The molecule has 0 aromatic heterocycles. The molecule has 4 rings (SSSR count). The maximum absolute atomic E-state index is 12.5. The molecule has 2 aliphatic rings. The van der Waals surface area contributed by atoms with Crippen LogP contribution < -0.4 is 5.32 Å². The molecule has 0 spiro atoms. The van der Waals surface area contributed by atoms with Crippen molar-refractivity contribution in [1.29, 1.82) is 0 Å². The number of hydrogen-bond acceptors (Lipinski definition) is 4. The average molecular weight is 435 g/mol. The predicted molar refractivity (Wildman–Crippen MR) is 123 cm³/mol. The van der Waals surface area contributed by atoms with Gasteiger partial charge in [0.05, 0.1) is 19.6 Å². The van der Waals surface area contributed by atoms with Crippen molar-refractivity contribution < 1.29 is 19.1 Å². The average Bonchev–Trinajstić information content (AvgIpc) is 2.84. The second kappa shape index (κ2) is 10.6. The van der Waals surface area contributed by atoms with E-state index in [4.69, 9.17) is 4.74 Å². The van der Waals surface area contributed by atoms with Crippen LogP contribution in [-0.2, 0) is 33.6 Å². The van der Waals surface area contributed by atoms with Crippen molar-refractivity contribution in [3.05, 3.63) is 64.7 Å². The van der Waals surface area contributed by atoms with Gasteiger partial charge in [-0.05, 0) is 60.6 Å². The molecule has 0 saturated carbocycles. The molecule has 1 saturated heterocycles. The number of hydrogen-bond donors (Lipinski definition) is 1. The highest BCUT2D eigenvalue weighted by Crippen LogP contribution is 2.23. The van der Waals surface area contributed by atoms with E-state index in [0.717, 1.165) is 18.4 Å². The van der Waals surface area contributed by atoms with E-state index in [0.29, 0.717) is 44.0 Å².